The van der Waals surface area contributed by atoms with Crippen molar-refractivity contribution in [2.75, 3.05) is 57.5 Å². The fourth-order valence-corrected chi connectivity index (χ4v) is 3.00. The number of amides is 2. The maximum absolute atomic E-state index is 12.6. The van der Waals surface area contributed by atoms with Gasteiger partial charge in [0.1, 0.15) is 0 Å². The van der Waals surface area contributed by atoms with Crippen LogP contribution in [0.3, 0.4) is 0 Å². The van der Waals surface area contributed by atoms with Crippen LogP contribution in [0.25, 0.3) is 0 Å². The highest BCUT2D eigenvalue weighted by atomic mass is 16.2. The minimum atomic E-state index is -0.168. The summed E-state index contributed by atoms with van der Waals surface area (Å²) in [5.74, 6) is -0.126. The predicted octanol–water partition coefficient (Wildman–Crippen LogP) is 2.39. The molecule has 2 amide bonds. The topological polar surface area (TPSA) is 55.9 Å². The summed E-state index contributed by atoms with van der Waals surface area (Å²) < 4.78 is 0. The standard InChI is InChI=1S/C21H26N4O2/c1-23(2)19-10-6-16(7-11-19)20(26)22-18-8-4-17(5-9-18)21(27)25-14-12-24(3)13-15-25/h4-11H,12-15H2,1-3H3,(H,22,26). The summed E-state index contributed by atoms with van der Waals surface area (Å²) in [5, 5.41) is 2.87. The molecule has 2 aromatic rings. The Morgan fingerprint density at radius 1 is 0.852 bits per heavy atom. The summed E-state index contributed by atoms with van der Waals surface area (Å²) in [6.07, 6.45) is 0. The van der Waals surface area contributed by atoms with Gasteiger partial charge in [0.05, 0.1) is 0 Å². The summed E-state index contributed by atoms with van der Waals surface area (Å²) in [4.78, 5) is 31.0. The van der Waals surface area contributed by atoms with E-state index in [4.69, 9.17) is 0 Å². The van der Waals surface area contributed by atoms with E-state index in [1.165, 1.54) is 0 Å². The monoisotopic (exact) mass is 366 g/mol. The third-order valence-electron chi connectivity index (χ3n) is 4.83. The number of nitrogens with one attached hydrogen (secondary N) is 1. The van der Waals surface area contributed by atoms with E-state index in [1.54, 1.807) is 36.4 Å². The van der Waals surface area contributed by atoms with Crippen molar-refractivity contribution in [1.29, 1.82) is 0 Å². The molecule has 1 heterocycles. The molecule has 3 rings (SSSR count). The van der Waals surface area contributed by atoms with Gasteiger partial charge in [0.25, 0.3) is 11.8 Å². The van der Waals surface area contributed by atoms with Gasteiger partial charge in [0.2, 0.25) is 0 Å². The van der Waals surface area contributed by atoms with Crippen LogP contribution in [0.2, 0.25) is 0 Å². The summed E-state index contributed by atoms with van der Waals surface area (Å²) >= 11 is 0. The molecular formula is C21H26N4O2. The molecule has 0 saturated carbocycles. The van der Waals surface area contributed by atoms with Crippen molar-refractivity contribution >= 4 is 23.2 Å². The van der Waals surface area contributed by atoms with Crippen molar-refractivity contribution in [2.24, 2.45) is 0 Å². The van der Waals surface area contributed by atoms with E-state index in [9.17, 15) is 9.59 Å². The molecule has 0 bridgehead atoms. The smallest absolute Gasteiger partial charge is 0.255 e. The highest BCUT2D eigenvalue weighted by Gasteiger charge is 2.20. The molecule has 1 saturated heterocycles. The Morgan fingerprint density at radius 2 is 1.41 bits per heavy atom. The average molecular weight is 366 g/mol. The number of anilines is 2. The van der Waals surface area contributed by atoms with Crippen LogP contribution in [-0.4, -0.2) is 68.9 Å². The molecular weight excluding hydrogens is 340 g/mol. The number of carbonyl (C=O) groups is 2. The number of nitrogens with zero attached hydrogens (tertiary/aromatic N) is 3. The largest absolute Gasteiger partial charge is 0.378 e. The lowest BCUT2D eigenvalue weighted by molar-refractivity contribution is 0.0664. The number of piperazine rings is 1. The molecule has 0 unspecified atom stereocenters. The molecule has 0 aromatic heterocycles. The lowest BCUT2D eigenvalue weighted by Gasteiger charge is -2.32. The Balaban J connectivity index is 1.61. The molecule has 1 aliphatic rings. The minimum Gasteiger partial charge on any atom is -0.378 e. The quantitative estimate of drug-likeness (QED) is 0.903. The van der Waals surface area contributed by atoms with Crippen molar-refractivity contribution in [2.45, 2.75) is 0 Å². The van der Waals surface area contributed by atoms with Gasteiger partial charge in [-0.25, -0.2) is 0 Å². The molecule has 27 heavy (non-hydrogen) atoms. The van der Waals surface area contributed by atoms with Crippen LogP contribution < -0.4 is 10.2 Å². The molecule has 1 N–H and O–H groups in total. The van der Waals surface area contributed by atoms with Crippen molar-refractivity contribution < 1.29 is 9.59 Å². The highest BCUT2D eigenvalue weighted by Crippen LogP contribution is 2.16. The number of likely N-dealkylation sites (N-methyl/N-ethyl adjacent to an activating group) is 1. The summed E-state index contributed by atoms with van der Waals surface area (Å²) in [6.45, 7) is 3.28. The van der Waals surface area contributed by atoms with Crippen molar-refractivity contribution in [3.8, 4) is 0 Å². The molecule has 0 radical (unpaired) electrons. The summed E-state index contributed by atoms with van der Waals surface area (Å²) in [6, 6.07) is 14.5. The molecule has 0 atom stereocenters. The molecule has 6 nitrogen and oxygen atoms in total. The normalized spacial score (nSPS) is 14.7. The molecule has 142 valence electrons. The third kappa shape index (κ3) is 4.65. The molecule has 0 aliphatic carbocycles. The second-order valence-corrected chi connectivity index (χ2v) is 7.07. The first kappa shape index (κ1) is 18.9. The van der Waals surface area contributed by atoms with Crippen LogP contribution >= 0.6 is 0 Å². The van der Waals surface area contributed by atoms with Gasteiger partial charge in [-0.3, -0.25) is 9.59 Å². The summed E-state index contributed by atoms with van der Waals surface area (Å²) in [5.41, 5.74) is 2.95. The van der Waals surface area contributed by atoms with Gasteiger partial charge < -0.3 is 20.0 Å². The molecule has 0 spiro atoms. The number of rotatable bonds is 4. The van der Waals surface area contributed by atoms with Crippen LogP contribution in [-0.2, 0) is 0 Å². The zero-order valence-corrected chi connectivity index (χ0v) is 16.1. The number of benzene rings is 2. The first-order valence-corrected chi connectivity index (χ1v) is 9.10. The van der Waals surface area contributed by atoms with Gasteiger partial charge in [-0.2, -0.15) is 0 Å². The van der Waals surface area contributed by atoms with Crippen LogP contribution in [0.5, 0.6) is 0 Å². The van der Waals surface area contributed by atoms with E-state index >= 15 is 0 Å². The van der Waals surface area contributed by atoms with Crippen molar-refractivity contribution in [1.82, 2.24) is 9.80 Å². The van der Waals surface area contributed by atoms with Crippen LogP contribution in [0.15, 0.2) is 48.5 Å². The van der Waals surface area contributed by atoms with Crippen molar-refractivity contribution in [3.63, 3.8) is 0 Å². The highest BCUT2D eigenvalue weighted by molar-refractivity contribution is 6.04. The van der Waals surface area contributed by atoms with Crippen LogP contribution in [0.4, 0.5) is 11.4 Å². The average Bonchev–Trinajstić information content (AvgIpc) is 2.68. The fraction of sp³-hybridized carbons (Fsp3) is 0.333. The van der Waals surface area contributed by atoms with Crippen molar-refractivity contribution in [3.05, 3.63) is 59.7 Å². The second kappa shape index (κ2) is 8.22. The van der Waals surface area contributed by atoms with Gasteiger partial charge in [-0.1, -0.05) is 0 Å². The number of hydrogen-bond acceptors (Lipinski definition) is 4. The maximum atomic E-state index is 12.6. The van der Waals surface area contributed by atoms with E-state index in [-0.39, 0.29) is 11.8 Å². The van der Waals surface area contributed by atoms with E-state index < -0.39 is 0 Å². The Bertz CT molecular complexity index is 792. The minimum absolute atomic E-state index is 0.0419. The maximum Gasteiger partial charge on any atom is 0.255 e. The Hall–Kier alpha value is -2.86. The van der Waals surface area contributed by atoms with Gasteiger partial charge in [0.15, 0.2) is 0 Å². The van der Waals surface area contributed by atoms with E-state index in [0.29, 0.717) is 16.8 Å². The lowest BCUT2D eigenvalue weighted by Crippen LogP contribution is -2.47. The zero-order valence-electron chi connectivity index (χ0n) is 16.1. The molecule has 6 heteroatoms. The Morgan fingerprint density at radius 3 is 1.96 bits per heavy atom. The van der Waals surface area contributed by atoms with Gasteiger partial charge in [0, 0.05) is 62.8 Å². The summed E-state index contributed by atoms with van der Waals surface area (Å²) in [7, 11) is 5.98. The lowest BCUT2D eigenvalue weighted by atomic mass is 10.1. The zero-order chi connectivity index (χ0) is 19.4. The fourth-order valence-electron chi connectivity index (χ4n) is 3.00. The van der Waals surface area contributed by atoms with Crippen LogP contribution in [0.1, 0.15) is 20.7 Å². The van der Waals surface area contributed by atoms with Crippen LogP contribution in [0, 0.1) is 0 Å². The molecule has 1 fully saturated rings. The first-order valence-electron chi connectivity index (χ1n) is 9.10. The van der Waals surface area contributed by atoms with E-state index in [2.05, 4.69) is 17.3 Å². The molecule has 1 aliphatic heterocycles. The molecule has 2 aromatic carbocycles. The SMILES string of the molecule is CN1CCN(C(=O)c2ccc(NC(=O)c3ccc(N(C)C)cc3)cc2)CC1. The van der Waals surface area contributed by atoms with Gasteiger partial charge in [-0.15, -0.1) is 0 Å². The number of carbonyl (C=O) groups excluding carboxylic acids is 2. The Labute approximate surface area is 160 Å². The van der Waals surface area contributed by atoms with E-state index in [0.717, 1.165) is 31.9 Å². The first-order chi connectivity index (χ1) is 12.9. The Kier molecular flexibility index (Phi) is 5.76. The number of hydrogen-bond donors (Lipinski definition) is 1. The third-order valence-corrected chi connectivity index (χ3v) is 4.83. The van der Waals surface area contributed by atoms with Gasteiger partial charge >= 0.3 is 0 Å². The second-order valence-electron chi connectivity index (χ2n) is 7.07. The van der Waals surface area contributed by atoms with Gasteiger partial charge in [-0.05, 0) is 55.6 Å². The predicted molar refractivity (Wildman–Crippen MR) is 109 cm³/mol. The van der Waals surface area contributed by atoms with E-state index in [1.807, 2.05) is 36.0 Å².